The molecular weight excluding hydrogens is 228 g/mol. The summed E-state index contributed by atoms with van der Waals surface area (Å²) in [6.45, 7) is 8.55. The molecule has 0 spiro atoms. The molecular formula is C14H26N2O2. The molecule has 0 aromatic heterocycles. The average Bonchev–Trinajstić information content (AvgIpc) is 2.45. The van der Waals surface area contributed by atoms with Crippen LogP contribution < -0.4 is 5.32 Å². The van der Waals surface area contributed by atoms with Gasteiger partial charge in [0.15, 0.2) is 0 Å². The quantitative estimate of drug-likeness (QED) is 0.816. The van der Waals surface area contributed by atoms with E-state index in [4.69, 9.17) is 0 Å². The van der Waals surface area contributed by atoms with Crippen LogP contribution in [0.25, 0.3) is 0 Å². The first-order chi connectivity index (χ1) is 8.44. The van der Waals surface area contributed by atoms with Crippen molar-refractivity contribution < 1.29 is 9.59 Å². The highest BCUT2D eigenvalue weighted by atomic mass is 16.2. The van der Waals surface area contributed by atoms with Crippen molar-refractivity contribution in [2.45, 2.75) is 71.4 Å². The zero-order chi connectivity index (χ0) is 13.8. The summed E-state index contributed by atoms with van der Waals surface area (Å²) < 4.78 is 0. The number of unbranched alkanes of at least 4 members (excludes halogenated alkanes) is 1. The van der Waals surface area contributed by atoms with Gasteiger partial charge in [-0.3, -0.25) is 9.59 Å². The van der Waals surface area contributed by atoms with Gasteiger partial charge in [-0.1, -0.05) is 26.7 Å². The Kier molecular flexibility index (Phi) is 5.17. The van der Waals surface area contributed by atoms with Crippen molar-refractivity contribution in [1.29, 1.82) is 0 Å². The van der Waals surface area contributed by atoms with E-state index in [0.717, 1.165) is 19.3 Å². The Morgan fingerprint density at radius 1 is 1.39 bits per heavy atom. The molecule has 2 atom stereocenters. The third-order valence-electron chi connectivity index (χ3n) is 3.94. The van der Waals surface area contributed by atoms with Crippen molar-refractivity contribution in [3.63, 3.8) is 0 Å². The lowest BCUT2D eigenvalue weighted by Crippen LogP contribution is -2.56. The van der Waals surface area contributed by atoms with Gasteiger partial charge in [-0.15, -0.1) is 0 Å². The van der Waals surface area contributed by atoms with Gasteiger partial charge in [-0.25, -0.2) is 0 Å². The van der Waals surface area contributed by atoms with Crippen LogP contribution in [0.1, 0.15) is 59.8 Å². The lowest BCUT2D eigenvalue weighted by molar-refractivity contribution is -0.140. The van der Waals surface area contributed by atoms with Crippen LogP contribution in [0.5, 0.6) is 0 Å². The van der Waals surface area contributed by atoms with Crippen molar-refractivity contribution in [2.24, 2.45) is 0 Å². The van der Waals surface area contributed by atoms with Crippen LogP contribution in [0.15, 0.2) is 0 Å². The van der Waals surface area contributed by atoms with Crippen molar-refractivity contribution >= 4 is 11.8 Å². The van der Waals surface area contributed by atoms with Gasteiger partial charge in [-0.2, -0.15) is 0 Å². The fourth-order valence-corrected chi connectivity index (χ4v) is 2.38. The molecule has 4 nitrogen and oxygen atoms in total. The molecule has 4 heteroatoms. The van der Waals surface area contributed by atoms with E-state index in [1.165, 1.54) is 0 Å². The molecule has 1 N–H and O–H groups in total. The highest BCUT2D eigenvalue weighted by Crippen LogP contribution is 2.21. The monoisotopic (exact) mass is 254 g/mol. The Morgan fingerprint density at radius 2 is 2.06 bits per heavy atom. The number of rotatable bonds is 5. The summed E-state index contributed by atoms with van der Waals surface area (Å²) in [6.07, 6.45) is 4.31. The molecule has 1 rings (SSSR count). The molecule has 1 aliphatic heterocycles. The zero-order valence-electron chi connectivity index (χ0n) is 12.1. The van der Waals surface area contributed by atoms with E-state index in [1.807, 2.05) is 18.7 Å². The van der Waals surface area contributed by atoms with Gasteiger partial charge in [0.1, 0.15) is 5.54 Å². The molecule has 0 saturated carbocycles. The minimum atomic E-state index is -0.728. The standard InChI is InChI=1S/C14H26N2O2/c1-5-7-8-11(3)16-10-9-12(17)15-14(4,6-2)13(16)18/h11H,5-10H2,1-4H3,(H,15,17). The first kappa shape index (κ1) is 15.0. The van der Waals surface area contributed by atoms with Crippen LogP contribution in [-0.4, -0.2) is 34.8 Å². The number of carbonyl (C=O) groups is 2. The van der Waals surface area contributed by atoms with Gasteiger partial charge in [0.2, 0.25) is 11.8 Å². The summed E-state index contributed by atoms with van der Waals surface area (Å²) in [7, 11) is 0. The van der Waals surface area contributed by atoms with Crippen molar-refractivity contribution in [2.75, 3.05) is 6.54 Å². The molecule has 2 amide bonds. The van der Waals surface area contributed by atoms with E-state index in [9.17, 15) is 9.59 Å². The smallest absolute Gasteiger partial charge is 0.248 e. The maximum atomic E-state index is 12.6. The molecule has 18 heavy (non-hydrogen) atoms. The average molecular weight is 254 g/mol. The Morgan fingerprint density at radius 3 is 2.61 bits per heavy atom. The van der Waals surface area contributed by atoms with Crippen LogP contribution >= 0.6 is 0 Å². The Hall–Kier alpha value is -1.06. The number of hydrogen-bond acceptors (Lipinski definition) is 2. The number of hydrogen-bond donors (Lipinski definition) is 1. The summed E-state index contributed by atoms with van der Waals surface area (Å²) in [4.78, 5) is 26.1. The molecule has 1 heterocycles. The SMILES string of the molecule is CCCCC(C)N1CCC(=O)NC(C)(CC)C1=O. The summed E-state index contributed by atoms with van der Waals surface area (Å²) >= 11 is 0. The van der Waals surface area contributed by atoms with Gasteiger partial charge in [0, 0.05) is 19.0 Å². The number of carbonyl (C=O) groups excluding carboxylic acids is 2. The van der Waals surface area contributed by atoms with Gasteiger partial charge in [0.05, 0.1) is 0 Å². The van der Waals surface area contributed by atoms with Gasteiger partial charge < -0.3 is 10.2 Å². The van der Waals surface area contributed by atoms with Crippen LogP contribution in [0.2, 0.25) is 0 Å². The molecule has 1 saturated heterocycles. The first-order valence-electron chi connectivity index (χ1n) is 7.06. The molecule has 1 fully saturated rings. The highest BCUT2D eigenvalue weighted by Gasteiger charge is 2.40. The second-order valence-electron chi connectivity index (χ2n) is 5.47. The predicted octanol–water partition coefficient (Wildman–Crippen LogP) is 2.08. The van der Waals surface area contributed by atoms with Gasteiger partial charge in [-0.05, 0) is 26.7 Å². The Balaban J connectivity index is 2.84. The van der Waals surface area contributed by atoms with Crippen molar-refractivity contribution in [3.8, 4) is 0 Å². The van der Waals surface area contributed by atoms with Crippen molar-refractivity contribution in [3.05, 3.63) is 0 Å². The minimum absolute atomic E-state index is 0.0158. The predicted molar refractivity (Wildman–Crippen MR) is 72.2 cm³/mol. The summed E-state index contributed by atoms with van der Waals surface area (Å²) in [5.41, 5.74) is -0.728. The molecule has 1 aliphatic rings. The second-order valence-corrected chi connectivity index (χ2v) is 5.47. The number of nitrogens with one attached hydrogen (secondary N) is 1. The van der Waals surface area contributed by atoms with E-state index in [2.05, 4.69) is 19.2 Å². The molecule has 0 aromatic rings. The topological polar surface area (TPSA) is 49.4 Å². The Bertz CT molecular complexity index is 317. The maximum absolute atomic E-state index is 12.6. The molecule has 0 aromatic carbocycles. The number of nitrogens with zero attached hydrogens (tertiary/aromatic N) is 1. The third kappa shape index (κ3) is 3.24. The largest absolute Gasteiger partial charge is 0.342 e. The summed E-state index contributed by atoms with van der Waals surface area (Å²) in [5, 5.41) is 2.87. The normalized spacial score (nSPS) is 26.8. The fraction of sp³-hybridized carbons (Fsp3) is 0.857. The van der Waals surface area contributed by atoms with E-state index in [1.54, 1.807) is 0 Å². The lowest BCUT2D eigenvalue weighted by Gasteiger charge is -2.34. The first-order valence-corrected chi connectivity index (χ1v) is 7.06. The maximum Gasteiger partial charge on any atom is 0.248 e. The summed E-state index contributed by atoms with van der Waals surface area (Å²) in [5.74, 6) is 0.0531. The molecule has 0 aliphatic carbocycles. The Labute approximate surface area is 110 Å². The second kappa shape index (κ2) is 6.21. The highest BCUT2D eigenvalue weighted by molar-refractivity contribution is 5.93. The van der Waals surface area contributed by atoms with E-state index in [-0.39, 0.29) is 17.9 Å². The lowest BCUT2D eigenvalue weighted by atomic mass is 9.96. The fourth-order valence-electron chi connectivity index (χ4n) is 2.38. The molecule has 104 valence electrons. The van der Waals surface area contributed by atoms with Gasteiger partial charge >= 0.3 is 0 Å². The van der Waals surface area contributed by atoms with Crippen LogP contribution in [0.3, 0.4) is 0 Å². The van der Waals surface area contributed by atoms with Crippen LogP contribution in [0, 0.1) is 0 Å². The van der Waals surface area contributed by atoms with E-state index >= 15 is 0 Å². The summed E-state index contributed by atoms with van der Waals surface area (Å²) in [6, 6.07) is 0.219. The van der Waals surface area contributed by atoms with E-state index < -0.39 is 5.54 Å². The van der Waals surface area contributed by atoms with E-state index in [0.29, 0.717) is 19.4 Å². The van der Waals surface area contributed by atoms with Crippen molar-refractivity contribution in [1.82, 2.24) is 10.2 Å². The number of amides is 2. The zero-order valence-corrected chi connectivity index (χ0v) is 12.1. The van der Waals surface area contributed by atoms with Crippen LogP contribution in [0.4, 0.5) is 0 Å². The van der Waals surface area contributed by atoms with Crippen LogP contribution in [-0.2, 0) is 9.59 Å². The minimum Gasteiger partial charge on any atom is -0.342 e. The molecule has 0 radical (unpaired) electrons. The molecule has 0 bridgehead atoms. The molecule has 2 unspecified atom stereocenters. The van der Waals surface area contributed by atoms with Gasteiger partial charge in [0.25, 0.3) is 0 Å². The third-order valence-corrected chi connectivity index (χ3v) is 3.94.